The SMILES string of the molecule is CCCC(=O)Nc1ccc2c(c1)C1C=CCC1C(c1ccc(C)cc1)N2. The van der Waals surface area contributed by atoms with E-state index in [1.807, 2.05) is 13.0 Å². The first-order valence-corrected chi connectivity index (χ1v) is 9.59. The van der Waals surface area contributed by atoms with Crippen molar-refractivity contribution in [3.8, 4) is 0 Å². The van der Waals surface area contributed by atoms with Crippen LogP contribution in [0.2, 0.25) is 0 Å². The maximum absolute atomic E-state index is 11.9. The van der Waals surface area contributed by atoms with E-state index in [0.717, 1.165) is 18.5 Å². The van der Waals surface area contributed by atoms with Gasteiger partial charge in [0, 0.05) is 23.7 Å². The molecule has 0 bridgehead atoms. The quantitative estimate of drug-likeness (QED) is 0.712. The molecule has 1 aliphatic carbocycles. The second-order valence-corrected chi connectivity index (χ2v) is 7.49. The molecule has 1 heterocycles. The third-order valence-corrected chi connectivity index (χ3v) is 5.56. The van der Waals surface area contributed by atoms with Crippen molar-refractivity contribution in [2.75, 3.05) is 10.6 Å². The van der Waals surface area contributed by atoms with Crippen LogP contribution in [0, 0.1) is 12.8 Å². The highest BCUT2D eigenvalue weighted by molar-refractivity contribution is 5.91. The van der Waals surface area contributed by atoms with Crippen molar-refractivity contribution >= 4 is 17.3 Å². The second kappa shape index (κ2) is 6.99. The molecule has 134 valence electrons. The average molecular weight is 346 g/mol. The summed E-state index contributed by atoms with van der Waals surface area (Å²) in [5.41, 5.74) is 6.01. The normalized spacial score (nSPS) is 23.1. The van der Waals surface area contributed by atoms with Crippen molar-refractivity contribution in [1.82, 2.24) is 0 Å². The number of rotatable bonds is 4. The molecule has 3 heteroatoms. The monoisotopic (exact) mass is 346 g/mol. The minimum absolute atomic E-state index is 0.0901. The van der Waals surface area contributed by atoms with Crippen LogP contribution >= 0.6 is 0 Å². The van der Waals surface area contributed by atoms with E-state index in [0.29, 0.717) is 24.3 Å². The maximum atomic E-state index is 11.9. The summed E-state index contributed by atoms with van der Waals surface area (Å²) in [7, 11) is 0. The van der Waals surface area contributed by atoms with Gasteiger partial charge in [0.2, 0.25) is 5.91 Å². The molecule has 0 saturated carbocycles. The molecule has 1 amide bonds. The van der Waals surface area contributed by atoms with E-state index in [1.54, 1.807) is 0 Å². The Morgan fingerprint density at radius 3 is 2.77 bits per heavy atom. The molecule has 2 aromatic carbocycles. The first kappa shape index (κ1) is 16.9. The van der Waals surface area contributed by atoms with Gasteiger partial charge in [0.05, 0.1) is 6.04 Å². The number of benzene rings is 2. The van der Waals surface area contributed by atoms with Crippen LogP contribution in [-0.2, 0) is 4.79 Å². The van der Waals surface area contributed by atoms with Gasteiger partial charge in [-0.15, -0.1) is 0 Å². The van der Waals surface area contributed by atoms with Gasteiger partial charge in [-0.1, -0.05) is 48.9 Å². The van der Waals surface area contributed by atoms with E-state index < -0.39 is 0 Å². The van der Waals surface area contributed by atoms with E-state index in [1.165, 1.54) is 22.4 Å². The largest absolute Gasteiger partial charge is 0.378 e. The standard InChI is InChI=1S/C23H26N2O/c1-3-5-22(26)24-17-12-13-21-20(14-17)18-6-4-7-19(18)23(25-21)16-10-8-15(2)9-11-16/h4,6,8-14,18-19,23,25H,3,5,7H2,1-2H3,(H,24,26). The van der Waals surface area contributed by atoms with Crippen molar-refractivity contribution < 1.29 is 4.79 Å². The molecule has 0 saturated heterocycles. The van der Waals surface area contributed by atoms with Gasteiger partial charge in [-0.3, -0.25) is 4.79 Å². The number of anilines is 2. The molecule has 1 aliphatic heterocycles. The number of hydrogen-bond donors (Lipinski definition) is 2. The van der Waals surface area contributed by atoms with Crippen molar-refractivity contribution in [3.63, 3.8) is 0 Å². The summed E-state index contributed by atoms with van der Waals surface area (Å²) < 4.78 is 0. The van der Waals surface area contributed by atoms with Crippen LogP contribution < -0.4 is 10.6 Å². The Hall–Kier alpha value is -2.55. The second-order valence-electron chi connectivity index (χ2n) is 7.49. The molecule has 3 nitrogen and oxygen atoms in total. The Morgan fingerprint density at radius 2 is 2.00 bits per heavy atom. The average Bonchev–Trinajstić information content (AvgIpc) is 3.12. The molecular formula is C23H26N2O. The van der Waals surface area contributed by atoms with E-state index in [4.69, 9.17) is 0 Å². The molecule has 0 fully saturated rings. The number of allylic oxidation sites excluding steroid dienone is 2. The van der Waals surface area contributed by atoms with Crippen LogP contribution in [0.5, 0.6) is 0 Å². The van der Waals surface area contributed by atoms with Gasteiger partial charge in [0.25, 0.3) is 0 Å². The highest BCUT2D eigenvalue weighted by Gasteiger charge is 2.37. The topological polar surface area (TPSA) is 41.1 Å². The van der Waals surface area contributed by atoms with E-state index >= 15 is 0 Å². The predicted octanol–water partition coefficient (Wildman–Crippen LogP) is 5.56. The van der Waals surface area contributed by atoms with Gasteiger partial charge >= 0.3 is 0 Å². The van der Waals surface area contributed by atoms with Crippen LogP contribution in [0.4, 0.5) is 11.4 Å². The summed E-state index contributed by atoms with van der Waals surface area (Å²) in [6.45, 7) is 4.15. The number of amides is 1. The molecule has 0 radical (unpaired) electrons. The van der Waals surface area contributed by atoms with E-state index in [-0.39, 0.29) is 5.91 Å². The Labute approximate surface area is 155 Å². The summed E-state index contributed by atoms with van der Waals surface area (Å²) >= 11 is 0. The van der Waals surface area contributed by atoms with Crippen molar-refractivity contribution in [3.05, 3.63) is 71.3 Å². The van der Waals surface area contributed by atoms with Crippen LogP contribution in [0.3, 0.4) is 0 Å². The molecule has 0 aromatic heterocycles. The van der Waals surface area contributed by atoms with Gasteiger partial charge in [-0.25, -0.2) is 0 Å². The maximum Gasteiger partial charge on any atom is 0.224 e. The van der Waals surface area contributed by atoms with Crippen LogP contribution in [-0.4, -0.2) is 5.91 Å². The van der Waals surface area contributed by atoms with Crippen molar-refractivity contribution in [1.29, 1.82) is 0 Å². The number of aryl methyl sites for hydroxylation is 1. The summed E-state index contributed by atoms with van der Waals surface area (Å²) in [5.74, 6) is 1.01. The summed E-state index contributed by atoms with van der Waals surface area (Å²) in [6.07, 6.45) is 7.15. The fourth-order valence-corrected chi connectivity index (χ4v) is 4.23. The molecule has 26 heavy (non-hydrogen) atoms. The number of carbonyl (C=O) groups excluding carboxylic acids is 1. The zero-order valence-corrected chi connectivity index (χ0v) is 15.5. The van der Waals surface area contributed by atoms with Crippen LogP contribution in [0.25, 0.3) is 0 Å². The molecule has 3 atom stereocenters. The van der Waals surface area contributed by atoms with Gasteiger partial charge in [-0.05, 0) is 55.0 Å². The molecule has 0 spiro atoms. The lowest BCUT2D eigenvalue weighted by atomic mass is 9.77. The lowest BCUT2D eigenvalue weighted by Crippen LogP contribution is -2.29. The zero-order chi connectivity index (χ0) is 18.1. The van der Waals surface area contributed by atoms with E-state index in [9.17, 15) is 4.79 Å². The number of fused-ring (bicyclic) bond motifs is 3. The summed E-state index contributed by atoms with van der Waals surface area (Å²) in [4.78, 5) is 11.9. The minimum atomic E-state index is 0.0901. The van der Waals surface area contributed by atoms with Crippen molar-refractivity contribution in [2.45, 2.75) is 45.1 Å². The molecule has 2 aromatic rings. The minimum Gasteiger partial charge on any atom is -0.378 e. The highest BCUT2D eigenvalue weighted by atomic mass is 16.1. The van der Waals surface area contributed by atoms with Crippen LogP contribution in [0.15, 0.2) is 54.6 Å². The highest BCUT2D eigenvalue weighted by Crippen LogP contribution is 2.50. The van der Waals surface area contributed by atoms with Crippen molar-refractivity contribution in [2.24, 2.45) is 5.92 Å². The number of hydrogen-bond acceptors (Lipinski definition) is 2. The number of nitrogens with one attached hydrogen (secondary N) is 2. The fourth-order valence-electron chi connectivity index (χ4n) is 4.23. The third-order valence-electron chi connectivity index (χ3n) is 5.56. The fraction of sp³-hybridized carbons (Fsp3) is 0.348. The number of carbonyl (C=O) groups is 1. The first-order chi connectivity index (χ1) is 12.7. The molecule has 2 aliphatic rings. The summed E-state index contributed by atoms with van der Waals surface area (Å²) in [5, 5.41) is 6.79. The molecular weight excluding hydrogens is 320 g/mol. The summed E-state index contributed by atoms with van der Waals surface area (Å²) in [6, 6.07) is 15.5. The van der Waals surface area contributed by atoms with Gasteiger partial charge < -0.3 is 10.6 Å². The predicted molar refractivity (Wildman–Crippen MR) is 108 cm³/mol. The Balaban J connectivity index is 1.64. The molecule has 3 unspecified atom stereocenters. The molecule has 2 N–H and O–H groups in total. The van der Waals surface area contributed by atoms with Gasteiger partial charge in [0.15, 0.2) is 0 Å². The van der Waals surface area contributed by atoms with E-state index in [2.05, 4.69) is 66.1 Å². The Bertz CT molecular complexity index is 838. The molecule has 4 rings (SSSR count). The van der Waals surface area contributed by atoms with Gasteiger partial charge in [0.1, 0.15) is 0 Å². The third kappa shape index (κ3) is 3.14. The Kier molecular flexibility index (Phi) is 4.54. The lowest BCUT2D eigenvalue weighted by molar-refractivity contribution is -0.116. The van der Waals surface area contributed by atoms with Gasteiger partial charge in [-0.2, -0.15) is 0 Å². The van der Waals surface area contributed by atoms with Crippen LogP contribution in [0.1, 0.15) is 54.8 Å². The Morgan fingerprint density at radius 1 is 1.19 bits per heavy atom. The lowest BCUT2D eigenvalue weighted by Gasteiger charge is -2.37. The smallest absolute Gasteiger partial charge is 0.224 e. The first-order valence-electron chi connectivity index (χ1n) is 9.59. The zero-order valence-electron chi connectivity index (χ0n) is 15.5.